The van der Waals surface area contributed by atoms with Crippen molar-refractivity contribution in [2.75, 3.05) is 13.7 Å². The Morgan fingerprint density at radius 1 is 1.26 bits per heavy atom. The average molecular weight is 316 g/mol. The number of amides is 2. The highest BCUT2D eigenvalue weighted by atomic mass is 16.5. The summed E-state index contributed by atoms with van der Waals surface area (Å²) < 4.78 is 6.82. The zero-order chi connectivity index (χ0) is 16.8. The molecule has 0 atom stereocenters. The topological polar surface area (TPSA) is 85.3 Å². The molecule has 23 heavy (non-hydrogen) atoms. The van der Waals surface area contributed by atoms with Gasteiger partial charge in [-0.3, -0.25) is 14.3 Å². The predicted molar refractivity (Wildman–Crippen MR) is 85.1 cm³/mol. The Morgan fingerprint density at radius 3 is 2.65 bits per heavy atom. The van der Waals surface area contributed by atoms with Gasteiger partial charge in [-0.05, 0) is 19.1 Å². The lowest BCUT2D eigenvalue weighted by Crippen LogP contribution is -2.36. The van der Waals surface area contributed by atoms with Crippen molar-refractivity contribution in [1.82, 2.24) is 20.4 Å². The van der Waals surface area contributed by atoms with E-state index in [1.54, 1.807) is 24.9 Å². The van der Waals surface area contributed by atoms with Crippen molar-refractivity contribution in [3.63, 3.8) is 0 Å². The van der Waals surface area contributed by atoms with Gasteiger partial charge in [0.2, 0.25) is 5.91 Å². The lowest BCUT2D eigenvalue weighted by molar-refractivity contribution is -0.120. The smallest absolute Gasteiger partial charge is 0.272 e. The van der Waals surface area contributed by atoms with Gasteiger partial charge in [-0.15, -0.1) is 0 Å². The third-order valence-corrected chi connectivity index (χ3v) is 3.42. The first kappa shape index (κ1) is 16.5. The lowest BCUT2D eigenvalue weighted by Gasteiger charge is -2.09. The second-order valence-corrected chi connectivity index (χ2v) is 5.07. The van der Waals surface area contributed by atoms with Crippen molar-refractivity contribution >= 4 is 11.8 Å². The highest BCUT2D eigenvalue weighted by molar-refractivity contribution is 5.94. The number of para-hydroxylation sites is 1. The Balaban J connectivity index is 1.82. The van der Waals surface area contributed by atoms with E-state index in [-0.39, 0.29) is 18.4 Å². The number of aromatic nitrogens is 2. The summed E-state index contributed by atoms with van der Waals surface area (Å²) in [5.41, 5.74) is 2.04. The number of aryl methyl sites for hydroxylation is 2. The van der Waals surface area contributed by atoms with Crippen LogP contribution in [0.5, 0.6) is 5.75 Å². The molecule has 0 unspecified atom stereocenters. The molecule has 0 saturated carbocycles. The van der Waals surface area contributed by atoms with Crippen molar-refractivity contribution in [3.05, 3.63) is 47.3 Å². The molecule has 2 aromatic rings. The summed E-state index contributed by atoms with van der Waals surface area (Å²) in [4.78, 5) is 23.7. The fourth-order valence-electron chi connectivity index (χ4n) is 2.03. The second kappa shape index (κ2) is 7.44. The maximum Gasteiger partial charge on any atom is 0.272 e. The fourth-order valence-corrected chi connectivity index (χ4v) is 2.03. The summed E-state index contributed by atoms with van der Waals surface area (Å²) in [6.45, 7) is 2.08. The molecule has 122 valence electrons. The van der Waals surface area contributed by atoms with E-state index in [9.17, 15) is 9.59 Å². The molecular formula is C16H20N4O3. The van der Waals surface area contributed by atoms with Crippen LogP contribution in [0.1, 0.15) is 21.7 Å². The highest BCUT2D eigenvalue weighted by Gasteiger charge is 2.12. The molecule has 0 aliphatic heterocycles. The molecular weight excluding hydrogens is 296 g/mol. The summed E-state index contributed by atoms with van der Waals surface area (Å²) in [6.07, 6.45) is 0. The number of nitrogens with one attached hydrogen (secondary N) is 2. The number of nitrogens with zero attached hydrogens (tertiary/aromatic N) is 2. The zero-order valence-electron chi connectivity index (χ0n) is 13.4. The monoisotopic (exact) mass is 316 g/mol. The molecule has 0 spiro atoms. The first-order valence-electron chi connectivity index (χ1n) is 7.18. The molecule has 1 aromatic carbocycles. The van der Waals surface area contributed by atoms with E-state index in [0.717, 1.165) is 11.3 Å². The molecule has 0 saturated heterocycles. The maximum absolute atomic E-state index is 11.9. The summed E-state index contributed by atoms with van der Waals surface area (Å²) >= 11 is 0. The molecule has 0 fully saturated rings. The van der Waals surface area contributed by atoms with E-state index < -0.39 is 0 Å². The van der Waals surface area contributed by atoms with Crippen LogP contribution in [0.4, 0.5) is 0 Å². The van der Waals surface area contributed by atoms with Crippen molar-refractivity contribution in [3.8, 4) is 5.75 Å². The molecule has 0 radical (unpaired) electrons. The second-order valence-electron chi connectivity index (χ2n) is 5.07. The van der Waals surface area contributed by atoms with E-state index in [2.05, 4.69) is 15.7 Å². The van der Waals surface area contributed by atoms with Crippen molar-refractivity contribution in [1.29, 1.82) is 0 Å². The van der Waals surface area contributed by atoms with E-state index in [4.69, 9.17) is 4.74 Å². The Labute approximate surface area is 134 Å². The lowest BCUT2D eigenvalue weighted by atomic mass is 10.2. The number of hydrogen-bond acceptors (Lipinski definition) is 4. The number of benzene rings is 1. The number of carbonyl (C=O) groups excluding carboxylic acids is 2. The van der Waals surface area contributed by atoms with Crippen LogP contribution in [0.3, 0.4) is 0 Å². The molecule has 2 amide bonds. The summed E-state index contributed by atoms with van der Waals surface area (Å²) in [5.74, 6) is 0.0545. The summed E-state index contributed by atoms with van der Waals surface area (Å²) in [7, 11) is 3.34. The summed E-state index contributed by atoms with van der Waals surface area (Å²) in [5, 5.41) is 9.34. The van der Waals surface area contributed by atoms with Crippen LogP contribution in [-0.2, 0) is 18.4 Å². The van der Waals surface area contributed by atoms with Gasteiger partial charge < -0.3 is 15.4 Å². The molecule has 7 heteroatoms. The third-order valence-electron chi connectivity index (χ3n) is 3.42. The molecule has 1 aromatic heterocycles. The number of rotatable bonds is 6. The molecule has 1 heterocycles. The Kier molecular flexibility index (Phi) is 5.35. The van der Waals surface area contributed by atoms with Crippen LogP contribution >= 0.6 is 0 Å². The average Bonchev–Trinajstić information content (AvgIpc) is 2.90. The van der Waals surface area contributed by atoms with Gasteiger partial charge in [0.15, 0.2) is 0 Å². The van der Waals surface area contributed by atoms with Crippen LogP contribution in [0.15, 0.2) is 30.3 Å². The molecule has 0 aliphatic carbocycles. The SMILES string of the molecule is COc1ccccc1CNC(=O)CNC(=O)c1cc(C)n(C)n1. The van der Waals surface area contributed by atoms with Crippen LogP contribution in [-0.4, -0.2) is 35.2 Å². The minimum atomic E-state index is -0.374. The van der Waals surface area contributed by atoms with Crippen LogP contribution < -0.4 is 15.4 Å². The van der Waals surface area contributed by atoms with Gasteiger partial charge in [0.25, 0.3) is 5.91 Å². The van der Waals surface area contributed by atoms with Gasteiger partial charge in [0.05, 0.1) is 13.7 Å². The Morgan fingerprint density at radius 2 is 2.00 bits per heavy atom. The number of methoxy groups -OCH3 is 1. The zero-order valence-corrected chi connectivity index (χ0v) is 13.4. The molecule has 7 nitrogen and oxygen atoms in total. The normalized spacial score (nSPS) is 10.2. The highest BCUT2D eigenvalue weighted by Crippen LogP contribution is 2.16. The Bertz CT molecular complexity index is 690. The first-order valence-corrected chi connectivity index (χ1v) is 7.18. The van der Waals surface area contributed by atoms with E-state index >= 15 is 0 Å². The minimum absolute atomic E-state index is 0.108. The fraction of sp³-hybridized carbons (Fsp3) is 0.312. The molecule has 0 aliphatic rings. The molecule has 0 bridgehead atoms. The van der Waals surface area contributed by atoms with Gasteiger partial charge in [0.1, 0.15) is 11.4 Å². The van der Waals surface area contributed by atoms with Gasteiger partial charge >= 0.3 is 0 Å². The van der Waals surface area contributed by atoms with Crippen LogP contribution in [0.2, 0.25) is 0 Å². The van der Waals surface area contributed by atoms with E-state index in [1.165, 1.54) is 0 Å². The van der Waals surface area contributed by atoms with Crippen molar-refractivity contribution in [2.24, 2.45) is 7.05 Å². The van der Waals surface area contributed by atoms with Gasteiger partial charge in [0, 0.05) is 24.8 Å². The largest absolute Gasteiger partial charge is 0.496 e. The standard InChI is InChI=1S/C16H20N4O3/c1-11-8-13(19-20(11)2)16(22)18-10-15(21)17-9-12-6-4-5-7-14(12)23-3/h4-8H,9-10H2,1-3H3,(H,17,21)(H,18,22). The molecule has 2 rings (SSSR count). The van der Waals surface area contributed by atoms with E-state index in [1.807, 2.05) is 31.2 Å². The Hall–Kier alpha value is -2.83. The van der Waals surface area contributed by atoms with Gasteiger partial charge in [-0.1, -0.05) is 18.2 Å². The predicted octanol–water partition coefficient (Wildman–Crippen LogP) is 0.783. The van der Waals surface area contributed by atoms with Crippen molar-refractivity contribution < 1.29 is 14.3 Å². The maximum atomic E-state index is 11.9. The van der Waals surface area contributed by atoms with Gasteiger partial charge in [-0.2, -0.15) is 5.10 Å². The summed E-state index contributed by atoms with van der Waals surface area (Å²) in [6, 6.07) is 9.09. The number of hydrogen-bond donors (Lipinski definition) is 2. The number of ether oxygens (including phenoxy) is 1. The van der Waals surface area contributed by atoms with Crippen molar-refractivity contribution in [2.45, 2.75) is 13.5 Å². The van der Waals surface area contributed by atoms with Gasteiger partial charge in [-0.25, -0.2) is 0 Å². The molecule has 2 N–H and O–H groups in total. The van der Waals surface area contributed by atoms with E-state index in [0.29, 0.717) is 18.0 Å². The van der Waals surface area contributed by atoms with Crippen LogP contribution in [0, 0.1) is 6.92 Å². The third kappa shape index (κ3) is 4.32. The minimum Gasteiger partial charge on any atom is -0.496 e. The number of carbonyl (C=O) groups is 2. The quantitative estimate of drug-likeness (QED) is 0.825. The van der Waals surface area contributed by atoms with Crippen LogP contribution in [0.25, 0.3) is 0 Å². The first-order chi connectivity index (χ1) is 11.0.